The predicted molar refractivity (Wildman–Crippen MR) is 120 cm³/mol. The minimum atomic E-state index is 0.446. The first kappa shape index (κ1) is 20.2. The van der Waals surface area contributed by atoms with E-state index in [9.17, 15) is 0 Å². The number of aliphatic imine (C=N–C) groups is 2. The molecule has 146 valence electrons. The topological polar surface area (TPSA) is 37.6 Å². The Hall–Kier alpha value is -2.55. The normalized spacial score (nSPS) is 23.6. The van der Waals surface area contributed by atoms with Gasteiger partial charge in [0.2, 0.25) is 0 Å². The summed E-state index contributed by atoms with van der Waals surface area (Å²) >= 11 is 0. The molecule has 2 aliphatic carbocycles. The van der Waals surface area contributed by atoms with Gasteiger partial charge in [0.1, 0.15) is 0 Å². The molecular weight excluding hydrogens is 342 g/mol. The molecule has 0 spiro atoms. The van der Waals surface area contributed by atoms with Gasteiger partial charge in [-0.15, -0.1) is 0 Å². The lowest BCUT2D eigenvalue weighted by Crippen LogP contribution is -2.10. The van der Waals surface area contributed by atoms with Crippen molar-refractivity contribution >= 4 is 11.4 Å². The Morgan fingerprint density at radius 2 is 1.25 bits per heavy atom. The van der Waals surface area contributed by atoms with E-state index in [1.807, 2.05) is 32.0 Å². The van der Waals surface area contributed by atoms with Crippen molar-refractivity contribution in [3.05, 3.63) is 76.4 Å². The molecule has 3 nitrogen and oxygen atoms in total. The lowest BCUT2D eigenvalue weighted by Gasteiger charge is -2.18. The maximum atomic E-state index is 4.93. The monoisotopic (exact) mass is 373 g/mol. The molecule has 0 amide bonds. The Morgan fingerprint density at radius 3 is 1.64 bits per heavy atom. The quantitative estimate of drug-likeness (QED) is 0.560. The Bertz CT molecular complexity index is 865. The van der Waals surface area contributed by atoms with E-state index in [0.717, 1.165) is 35.7 Å². The average molecular weight is 374 g/mol. The first-order chi connectivity index (χ1) is 13.4. The molecule has 0 radical (unpaired) electrons. The van der Waals surface area contributed by atoms with Gasteiger partial charge in [-0.3, -0.25) is 9.98 Å². The highest BCUT2D eigenvalue weighted by molar-refractivity contribution is 6.01. The molecule has 0 saturated carbocycles. The van der Waals surface area contributed by atoms with Gasteiger partial charge in [-0.1, -0.05) is 44.2 Å². The first-order valence-corrected chi connectivity index (χ1v) is 10.2. The Morgan fingerprint density at radius 1 is 0.821 bits per heavy atom. The second kappa shape index (κ2) is 8.64. The number of nitrogens with zero attached hydrogens (tertiary/aromatic N) is 3. The number of pyridine rings is 1. The molecule has 1 unspecified atom stereocenters. The van der Waals surface area contributed by atoms with Crippen molar-refractivity contribution < 1.29 is 0 Å². The minimum absolute atomic E-state index is 0.446. The highest BCUT2D eigenvalue weighted by Crippen LogP contribution is 2.27. The van der Waals surface area contributed by atoms with Crippen molar-refractivity contribution in [1.29, 1.82) is 0 Å². The second-order valence-corrected chi connectivity index (χ2v) is 8.02. The molecule has 28 heavy (non-hydrogen) atoms. The third-order valence-corrected chi connectivity index (χ3v) is 5.52. The van der Waals surface area contributed by atoms with Crippen molar-refractivity contribution in [3.63, 3.8) is 0 Å². The maximum Gasteiger partial charge on any atom is 0.0849 e. The molecule has 0 N–H and O–H groups in total. The average Bonchev–Trinajstić information content (AvgIpc) is 2.67. The van der Waals surface area contributed by atoms with E-state index in [-0.39, 0.29) is 0 Å². The van der Waals surface area contributed by atoms with E-state index >= 15 is 0 Å². The summed E-state index contributed by atoms with van der Waals surface area (Å²) in [6, 6.07) is 6.11. The van der Waals surface area contributed by atoms with Crippen molar-refractivity contribution in [3.8, 4) is 0 Å². The second-order valence-electron chi connectivity index (χ2n) is 8.02. The van der Waals surface area contributed by atoms with Crippen LogP contribution in [0.15, 0.2) is 75.0 Å². The van der Waals surface area contributed by atoms with Gasteiger partial charge >= 0.3 is 0 Å². The number of rotatable bonds is 4. The SMILES string of the molecule is CC1=C(/N=C(\C)c2cccc(/C(C)=N/C3=C(C)C=CC[C@H]3C)n2)C(C)CC=C1. The predicted octanol–water partition coefficient (Wildman–Crippen LogP) is 6.44. The van der Waals surface area contributed by atoms with E-state index in [4.69, 9.17) is 15.0 Å². The lowest BCUT2D eigenvalue weighted by atomic mass is 9.94. The number of hydrogen-bond donors (Lipinski definition) is 0. The van der Waals surface area contributed by atoms with E-state index in [0.29, 0.717) is 11.8 Å². The molecule has 0 fully saturated rings. The van der Waals surface area contributed by atoms with E-state index in [1.54, 1.807) is 0 Å². The highest BCUT2D eigenvalue weighted by Gasteiger charge is 2.15. The minimum Gasteiger partial charge on any atom is -0.255 e. The highest BCUT2D eigenvalue weighted by atomic mass is 14.9. The van der Waals surface area contributed by atoms with E-state index in [2.05, 4.69) is 52.0 Å². The zero-order valence-electron chi connectivity index (χ0n) is 18.0. The van der Waals surface area contributed by atoms with Crippen LogP contribution >= 0.6 is 0 Å². The third kappa shape index (κ3) is 4.46. The third-order valence-electron chi connectivity index (χ3n) is 5.52. The Balaban J connectivity index is 1.92. The summed E-state index contributed by atoms with van der Waals surface area (Å²) in [5, 5.41) is 0. The molecule has 3 heteroatoms. The number of aromatic nitrogens is 1. The molecule has 2 aliphatic rings. The summed E-state index contributed by atoms with van der Waals surface area (Å²) in [4.78, 5) is 14.7. The van der Waals surface area contributed by atoms with E-state index < -0.39 is 0 Å². The molecule has 1 aromatic rings. The van der Waals surface area contributed by atoms with Gasteiger partial charge < -0.3 is 0 Å². The molecule has 2 atom stereocenters. The summed E-state index contributed by atoms with van der Waals surface area (Å²) in [5.74, 6) is 0.893. The van der Waals surface area contributed by atoms with Gasteiger partial charge in [0.25, 0.3) is 0 Å². The molecule has 3 rings (SSSR count). The van der Waals surface area contributed by atoms with Gasteiger partial charge in [0, 0.05) is 23.2 Å². The van der Waals surface area contributed by atoms with Crippen molar-refractivity contribution in [2.45, 2.75) is 54.4 Å². The van der Waals surface area contributed by atoms with Crippen LogP contribution in [0.25, 0.3) is 0 Å². The molecular formula is C25H31N3. The summed E-state index contributed by atoms with van der Waals surface area (Å²) in [6.07, 6.45) is 10.9. The van der Waals surface area contributed by atoms with Gasteiger partial charge in [0.05, 0.1) is 22.8 Å². The fourth-order valence-corrected chi connectivity index (χ4v) is 3.78. The Kier molecular flexibility index (Phi) is 6.23. The maximum absolute atomic E-state index is 4.93. The molecule has 1 aromatic heterocycles. The van der Waals surface area contributed by atoms with Crippen molar-refractivity contribution in [2.75, 3.05) is 0 Å². The van der Waals surface area contributed by atoms with Crippen LogP contribution in [-0.2, 0) is 0 Å². The summed E-state index contributed by atoms with van der Waals surface area (Å²) in [6.45, 7) is 12.8. The van der Waals surface area contributed by atoms with Crippen LogP contribution in [0.1, 0.15) is 65.8 Å². The fourth-order valence-electron chi connectivity index (χ4n) is 3.78. The van der Waals surface area contributed by atoms with Crippen molar-refractivity contribution in [1.82, 2.24) is 4.98 Å². The summed E-state index contributed by atoms with van der Waals surface area (Å²) < 4.78 is 0. The van der Waals surface area contributed by atoms with Crippen LogP contribution < -0.4 is 0 Å². The van der Waals surface area contributed by atoms with Crippen LogP contribution in [0.4, 0.5) is 0 Å². The number of allylic oxidation sites excluding steroid dienone is 8. The first-order valence-electron chi connectivity index (χ1n) is 10.2. The van der Waals surface area contributed by atoms with Gasteiger partial charge in [-0.05, 0) is 63.8 Å². The van der Waals surface area contributed by atoms with Gasteiger partial charge in [0.15, 0.2) is 0 Å². The molecule has 0 aromatic carbocycles. The largest absolute Gasteiger partial charge is 0.255 e. The fraction of sp³-hybridized carbons (Fsp3) is 0.400. The zero-order valence-corrected chi connectivity index (χ0v) is 18.0. The standard InChI is InChI=1S/C25H31N3/c1-16-10-7-11-17(2)24(16)26-20(5)22-14-9-15-23(28-22)21(6)27-25-18(3)12-8-13-19(25)4/h7-10,12,14-15,17,19H,11,13H2,1-6H3/b26-20+,27-21+/t17-,19?/m1/s1. The van der Waals surface area contributed by atoms with Crippen molar-refractivity contribution in [2.24, 2.45) is 21.8 Å². The van der Waals surface area contributed by atoms with Crippen LogP contribution in [0.3, 0.4) is 0 Å². The Labute approximate surface area is 169 Å². The van der Waals surface area contributed by atoms with E-state index in [1.165, 1.54) is 22.5 Å². The molecule has 0 saturated heterocycles. The summed E-state index contributed by atoms with van der Waals surface area (Å²) in [5.41, 5.74) is 8.56. The lowest BCUT2D eigenvalue weighted by molar-refractivity contribution is 0.669. The van der Waals surface area contributed by atoms with Crippen LogP contribution in [-0.4, -0.2) is 16.4 Å². The molecule has 0 bridgehead atoms. The number of hydrogen-bond acceptors (Lipinski definition) is 3. The smallest absolute Gasteiger partial charge is 0.0849 e. The van der Waals surface area contributed by atoms with Gasteiger partial charge in [-0.2, -0.15) is 0 Å². The zero-order chi connectivity index (χ0) is 20.3. The summed E-state index contributed by atoms with van der Waals surface area (Å²) in [7, 11) is 0. The van der Waals surface area contributed by atoms with Crippen LogP contribution in [0.5, 0.6) is 0 Å². The van der Waals surface area contributed by atoms with Crippen LogP contribution in [0, 0.1) is 11.8 Å². The van der Waals surface area contributed by atoms with Crippen LogP contribution in [0.2, 0.25) is 0 Å². The molecule has 0 aliphatic heterocycles. The molecule has 1 heterocycles. The van der Waals surface area contributed by atoms with Gasteiger partial charge in [-0.25, -0.2) is 4.98 Å².